The van der Waals surface area contributed by atoms with Crippen molar-refractivity contribution < 1.29 is 26.4 Å². The third-order valence-corrected chi connectivity index (χ3v) is 6.89. The lowest BCUT2D eigenvalue weighted by molar-refractivity contribution is -0.137. The lowest BCUT2D eigenvalue weighted by Gasteiger charge is -2.10. The fourth-order valence-corrected chi connectivity index (χ4v) is 4.94. The van der Waals surface area contributed by atoms with Crippen molar-refractivity contribution in [1.29, 1.82) is 0 Å². The largest absolute Gasteiger partial charge is 0.468 e. The van der Waals surface area contributed by atoms with Gasteiger partial charge in [-0.2, -0.15) is 0 Å². The Morgan fingerprint density at radius 1 is 0.958 bits per heavy atom. The van der Waals surface area contributed by atoms with Crippen LogP contribution in [-0.4, -0.2) is 35.7 Å². The molecule has 0 fully saturated rings. The first-order valence-corrected chi connectivity index (χ1v) is 10.0. The Kier molecular flexibility index (Phi) is 5.10. The summed E-state index contributed by atoms with van der Waals surface area (Å²) in [5.74, 6) is -1.76. The van der Waals surface area contributed by atoms with Gasteiger partial charge in [-0.25, -0.2) is 16.8 Å². The van der Waals surface area contributed by atoms with E-state index >= 15 is 0 Å². The molecule has 0 aliphatic rings. The third kappa shape index (κ3) is 3.65. The highest BCUT2D eigenvalue weighted by Crippen LogP contribution is 2.26. The first-order chi connectivity index (χ1) is 11.2. The molecule has 0 radical (unpaired) electrons. The minimum atomic E-state index is -4.01. The van der Waals surface area contributed by atoms with E-state index in [4.69, 9.17) is 0 Å². The summed E-state index contributed by atoms with van der Waals surface area (Å²) in [5, 5.41) is 0. The van der Waals surface area contributed by atoms with Crippen molar-refractivity contribution in [3.8, 4) is 0 Å². The minimum Gasteiger partial charge on any atom is -0.468 e. The number of aryl methyl sites for hydroxylation is 1. The maximum absolute atomic E-state index is 12.6. The topological polar surface area (TPSA) is 94.6 Å². The summed E-state index contributed by atoms with van der Waals surface area (Å²) in [7, 11) is -6.78. The molecular weight excluding hydrogens is 352 g/mol. The number of ether oxygens (including phenoxy) is 1. The van der Waals surface area contributed by atoms with Gasteiger partial charge in [-0.3, -0.25) is 4.79 Å². The molecule has 6 nitrogen and oxygen atoms in total. The van der Waals surface area contributed by atoms with Crippen molar-refractivity contribution >= 4 is 25.6 Å². The van der Waals surface area contributed by atoms with Crippen LogP contribution in [0, 0.1) is 6.92 Å². The van der Waals surface area contributed by atoms with E-state index in [1.165, 1.54) is 31.2 Å². The molecule has 0 amide bonds. The van der Waals surface area contributed by atoms with Gasteiger partial charge in [0.15, 0.2) is 15.6 Å². The Morgan fingerprint density at radius 2 is 1.58 bits per heavy atom. The summed E-state index contributed by atoms with van der Waals surface area (Å²) in [6.07, 6.45) is 0. The molecule has 2 aromatic carbocycles. The first-order valence-electron chi connectivity index (χ1n) is 6.89. The Bertz CT molecular complexity index is 961. The molecule has 24 heavy (non-hydrogen) atoms. The maximum Gasteiger partial charge on any atom is 0.321 e. The first kappa shape index (κ1) is 18.2. The molecule has 8 heteroatoms. The summed E-state index contributed by atoms with van der Waals surface area (Å²) in [4.78, 5) is 11.0. The standard InChI is InChI=1S/C16H16O6S2/c1-12-8-9-14(24(20,21)13-6-4-3-5-7-13)10-15(12)23(18,19)11-16(17)22-2/h3-10H,11H2,1-2H3. The van der Waals surface area contributed by atoms with Gasteiger partial charge in [-0.15, -0.1) is 0 Å². The van der Waals surface area contributed by atoms with E-state index in [0.717, 1.165) is 13.2 Å². The van der Waals surface area contributed by atoms with Gasteiger partial charge in [0.05, 0.1) is 21.8 Å². The fraction of sp³-hybridized carbons (Fsp3) is 0.188. The van der Waals surface area contributed by atoms with Crippen molar-refractivity contribution in [2.24, 2.45) is 0 Å². The van der Waals surface area contributed by atoms with E-state index < -0.39 is 31.4 Å². The Labute approximate surface area is 140 Å². The molecular formula is C16H16O6S2. The summed E-state index contributed by atoms with van der Waals surface area (Å²) in [6, 6.07) is 11.5. The molecule has 0 heterocycles. The quantitative estimate of drug-likeness (QED) is 0.747. The average molecular weight is 368 g/mol. The molecule has 0 aliphatic heterocycles. The third-order valence-electron chi connectivity index (χ3n) is 3.39. The molecule has 0 aliphatic carbocycles. The number of hydrogen-bond donors (Lipinski definition) is 0. The van der Waals surface area contributed by atoms with Crippen LogP contribution in [0.1, 0.15) is 5.56 Å². The Hall–Kier alpha value is -2.19. The van der Waals surface area contributed by atoms with E-state index in [1.54, 1.807) is 18.2 Å². The molecule has 0 atom stereocenters. The van der Waals surface area contributed by atoms with E-state index in [-0.39, 0.29) is 14.7 Å². The van der Waals surface area contributed by atoms with Crippen LogP contribution in [0.15, 0.2) is 63.2 Å². The fourth-order valence-electron chi connectivity index (χ4n) is 2.11. The maximum atomic E-state index is 12.6. The molecule has 2 aromatic rings. The number of esters is 1. The number of carbonyl (C=O) groups is 1. The molecule has 0 N–H and O–H groups in total. The molecule has 0 unspecified atom stereocenters. The van der Waals surface area contributed by atoms with Crippen LogP contribution in [0.4, 0.5) is 0 Å². The highest BCUT2D eigenvalue weighted by Gasteiger charge is 2.25. The second-order valence-corrected chi connectivity index (χ2v) is 8.99. The van der Waals surface area contributed by atoms with Crippen molar-refractivity contribution in [2.75, 3.05) is 12.9 Å². The number of carbonyl (C=O) groups excluding carboxylic acids is 1. The lowest BCUT2D eigenvalue weighted by atomic mass is 10.2. The van der Waals surface area contributed by atoms with E-state index in [9.17, 15) is 21.6 Å². The van der Waals surface area contributed by atoms with Crippen LogP contribution in [0.3, 0.4) is 0 Å². The number of methoxy groups -OCH3 is 1. The van der Waals surface area contributed by atoms with Gasteiger partial charge < -0.3 is 4.74 Å². The molecule has 128 valence electrons. The van der Waals surface area contributed by atoms with Crippen LogP contribution < -0.4 is 0 Å². The summed E-state index contributed by atoms with van der Waals surface area (Å²) < 4.78 is 54.3. The normalized spacial score (nSPS) is 11.9. The van der Waals surface area contributed by atoms with Crippen LogP contribution in [-0.2, 0) is 29.2 Å². The minimum absolute atomic E-state index is 0.0603. The zero-order valence-corrected chi connectivity index (χ0v) is 14.7. The molecule has 2 rings (SSSR count). The molecule has 0 saturated heterocycles. The van der Waals surface area contributed by atoms with Gasteiger partial charge in [0.1, 0.15) is 0 Å². The van der Waals surface area contributed by atoms with Gasteiger partial charge in [0.25, 0.3) is 0 Å². The summed E-state index contributed by atoms with van der Waals surface area (Å²) in [6.45, 7) is 1.53. The smallest absolute Gasteiger partial charge is 0.321 e. The van der Waals surface area contributed by atoms with Gasteiger partial charge in [-0.1, -0.05) is 24.3 Å². The number of rotatable bonds is 5. The lowest BCUT2D eigenvalue weighted by Crippen LogP contribution is -2.18. The SMILES string of the molecule is COC(=O)CS(=O)(=O)c1cc(S(=O)(=O)c2ccccc2)ccc1C. The van der Waals surface area contributed by atoms with Crippen molar-refractivity contribution in [1.82, 2.24) is 0 Å². The number of benzene rings is 2. The van der Waals surface area contributed by atoms with Crippen molar-refractivity contribution in [3.63, 3.8) is 0 Å². The van der Waals surface area contributed by atoms with Crippen LogP contribution >= 0.6 is 0 Å². The Morgan fingerprint density at radius 3 is 2.17 bits per heavy atom. The van der Waals surface area contributed by atoms with Gasteiger partial charge in [0, 0.05) is 0 Å². The second kappa shape index (κ2) is 6.74. The van der Waals surface area contributed by atoms with Gasteiger partial charge in [0.2, 0.25) is 9.84 Å². The predicted octanol–water partition coefficient (Wildman–Crippen LogP) is 1.77. The molecule has 0 saturated carbocycles. The highest BCUT2D eigenvalue weighted by molar-refractivity contribution is 7.92. The zero-order chi connectivity index (χ0) is 18.0. The second-order valence-electron chi connectivity index (χ2n) is 5.08. The Balaban J connectivity index is 2.56. The van der Waals surface area contributed by atoms with E-state index in [2.05, 4.69) is 4.74 Å². The zero-order valence-electron chi connectivity index (χ0n) is 13.1. The summed E-state index contributed by atoms with van der Waals surface area (Å²) in [5.41, 5.74) is 0.353. The average Bonchev–Trinajstić information content (AvgIpc) is 2.55. The van der Waals surface area contributed by atoms with Crippen molar-refractivity contribution in [2.45, 2.75) is 21.6 Å². The summed E-state index contributed by atoms with van der Waals surface area (Å²) >= 11 is 0. The van der Waals surface area contributed by atoms with Crippen molar-refractivity contribution in [3.05, 3.63) is 54.1 Å². The van der Waals surface area contributed by atoms with E-state index in [0.29, 0.717) is 5.56 Å². The van der Waals surface area contributed by atoms with Gasteiger partial charge in [-0.05, 0) is 36.8 Å². The highest BCUT2D eigenvalue weighted by atomic mass is 32.2. The number of sulfone groups is 2. The van der Waals surface area contributed by atoms with E-state index in [1.807, 2.05) is 0 Å². The van der Waals surface area contributed by atoms with Crippen LogP contribution in [0.25, 0.3) is 0 Å². The number of hydrogen-bond acceptors (Lipinski definition) is 6. The molecule has 0 spiro atoms. The molecule has 0 bridgehead atoms. The van der Waals surface area contributed by atoms with Crippen LogP contribution in [0.2, 0.25) is 0 Å². The monoisotopic (exact) mass is 368 g/mol. The van der Waals surface area contributed by atoms with Gasteiger partial charge >= 0.3 is 5.97 Å². The predicted molar refractivity (Wildman–Crippen MR) is 87.1 cm³/mol. The molecule has 0 aromatic heterocycles. The van der Waals surface area contributed by atoms with Crippen LogP contribution in [0.5, 0.6) is 0 Å².